The van der Waals surface area contributed by atoms with Crippen molar-refractivity contribution in [3.63, 3.8) is 0 Å². The van der Waals surface area contributed by atoms with Gasteiger partial charge in [0, 0.05) is 0 Å². The molecule has 0 saturated carbocycles. The third-order valence-corrected chi connectivity index (χ3v) is 4.52. The second-order valence-electron chi connectivity index (χ2n) is 10.3. The Bertz CT molecular complexity index is 862. The standard InChI is InChI=1S/C25H35NO7/c1-23(2,3)32-20(27)19(21(28)33-24(4,5)6)14-18-16-31-25(7,8)26(18)22(29)30-15-17-12-10-9-11-13-17/h9-14,18H,15-16H2,1-8H3/t18-/m0/s1. The molecular weight excluding hydrogens is 426 g/mol. The lowest BCUT2D eigenvalue weighted by molar-refractivity contribution is -0.158. The minimum atomic E-state index is -1.01. The highest BCUT2D eigenvalue weighted by molar-refractivity contribution is 6.14. The predicted octanol–water partition coefficient (Wildman–Crippen LogP) is 4.37. The van der Waals surface area contributed by atoms with Gasteiger partial charge >= 0.3 is 18.0 Å². The summed E-state index contributed by atoms with van der Waals surface area (Å²) in [5, 5.41) is 0. The lowest BCUT2D eigenvalue weighted by Crippen LogP contribution is -2.48. The molecule has 1 aliphatic heterocycles. The van der Waals surface area contributed by atoms with Crippen LogP contribution >= 0.6 is 0 Å². The maximum atomic E-state index is 13.0. The van der Waals surface area contributed by atoms with E-state index in [1.165, 1.54) is 11.0 Å². The average Bonchev–Trinajstić information content (AvgIpc) is 2.96. The summed E-state index contributed by atoms with van der Waals surface area (Å²) >= 11 is 0. The van der Waals surface area contributed by atoms with Crippen LogP contribution in [0, 0.1) is 0 Å². The molecule has 1 saturated heterocycles. The first-order chi connectivity index (χ1) is 15.1. The van der Waals surface area contributed by atoms with Crippen molar-refractivity contribution in [2.24, 2.45) is 0 Å². The van der Waals surface area contributed by atoms with E-state index in [1.54, 1.807) is 55.4 Å². The Morgan fingerprint density at radius 1 is 1.00 bits per heavy atom. The molecule has 0 unspecified atom stereocenters. The Labute approximate surface area is 195 Å². The molecule has 0 N–H and O–H groups in total. The summed E-state index contributed by atoms with van der Waals surface area (Å²) in [7, 11) is 0. The highest BCUT2D eigenvalue weighted by atomic mass is 16.6. The zero-order chi connectivity index (χ0) is 25.0. The molecular formula is C25H35NO7. The zero-order valence-electron chi connectivity index (χ0n) is 20.8. The van der Waals surface area contributed by atoms with Crippen molar-refractivity contribution >= 4 is 18.0 Å². The number of hydrogen-bond acceptors (Lipinski definition) is 7. The molecule has 33 heavy (non-hydrogen) atoms. The molecule has 1 amide bonds. The van der Waals surface area contributed by atoms with Crippen LogP contribution < -0.4 is 0 Å². The van der Waals surface area contributed by atoms with Gasteiger partial charge in [0.25, 0.3) is 0 Å². The van der Waals surface area contributed by atoms with E-state index >= 15 is 0 Å². The Kier molecular flexibility index (Phi) is 7.96. The van der Waals surface area contributed by atoms with Gasteiger partial charge in [-0.05, 0) is 67.0 Å². The zero-order valence-corrected chi connectivity index (χ0v) is 20.8. The van der Waals surface area contributed by atoms with E-state index in [0.29, 0.717) is 0 Å². The van der Waals surface area contributed by atoms with Gasteiger partial charge in [0.2, 0.25) is 0 Å². The summed E-state index contributed by atoms with van der Waals surface area (Å²) in [4.78, 5) is 40.1. The first-order valence-electron chi connectivity index (χ1n) is 10.9. The lowest BCUT2D eigenvalue weighted by atomic mass is 10.1. The summed E-state index contributed by atoms with van der Waals surface area (Å²) in [6.45, 7) is 13.8. The molecule has 8 nitrogen and oxygen atoms in total. The van der Waals surface area contributed by atoms with Gasteiger partial charge in [0.1, 0.15) is 29.1 Å². The van der Waals surface area contributed by atoms with Crippen LogP contribution in [0.5, 0.6) is 0 Å². The van der Waals surface area contributed by atoms with Gasteiger partial charge in [-0.25, -0.2) is 14.4 Å². The Hall–Kier alpha value is -2.87. The van der Waals surface area contributed by atoms with Crippen molar-refractivity contribution in [3.8, 4) is 0 Å². The number of carbonyl (C=O) groups is 3. The van der Waals surface area contributed by atoms with Gasteiger partial charge in [-0.3, -0.25) is 4.90 Å². The SMILES string of the molecule is CC(C)(C)OC(=O)C(=C[C@H]1COC(C)(C)N1C(=O)OCc1ccccc1)C(=O)OC(C)(C)C. The lowest BCUT2D eigenvalue weighted by Gasteiger charge is -2.32. The smallest absolute Gasteiger partial charge is 0.412 e. The normalized spacial score (nSPS) is 17.8. The molecule has 0 radical (unpaired) electrons. The molecule has 182 valence electrons. The van der Waals surface area contributed by atoms with E-state index in [1.807, 2.05) is 30.3 Å². The first-order valence-corrected chi connectivity index (χ1v) is 10.9. The van der Waals surface area contributed by atoms with E-state index in [9.17, 15) is 14.4 Å². The Morgan fingerprint density at radius 3 is 2.00 bits per heavy atom. The average molecular weight is 462 g/mol. The third-order valence-electron chi connectivity index (χ3n) is 4.52. The van der Waals surface area contributed by atoms with Gasteiger partial charge in [-0.2, -0.15) is 0 Å². The van der Waals surface area contributed by atoms with Crippen molar-refractivity contribution in [2.75, 3.05) is 6.61 Å². The number of ether oxygens (including phenoxy) is 4. The molecule has 1 heterocycles. The van der Waals surface area contributed by atoms with E-state index in [2.05, 4.69) is 0 Å². The van der Waals surface area contributed by atoms with Crippen molar-refractivity contribution < 1.29 is 33.3 Å². The number of nitrogens with zero attached hydrogens (tertiary/aromatic N) is 1. The Morgan fingerprint density at radius 2 is 1.52 bits per heavy atom. The molecule has 0 aliphatic carbocycles. The van der Waals surface area contributed by atoms with Crippen LogP contribution in [0.1, 0.15) is 61.0 Å². The van der Waals surface area contributed by atoms with Crippen LogP contribution in [0.4, 0.5) is 4.79 Å². The third kappa shape index (κ3) is 7.89. The van der Waals surface area contributed by atoms with E-state index in [0.717, 1.165) is 5.56 Å². The number of esters is 2. The number of benzene rings is 1. The second-order valence-corrected chi connectivity index (χ2v) is 10.3. The molecule has 0 spiro atoms. The van der Waals surface area contributed by atoms with Crippen molar-refractivity contribution in [1.29, 1.82) is 0 Å². The second kappa shape index (κ2) is 9.95. The fraction of sp³-hybridized carbons (Fsp3) is 0.560. The Balaban J connectivity index is 2.32. The molecule has 2 rings (SSSR count). The van der Waals surface area contributed by atoms with Crippen LogP contribution in [0.25, 0.3) is 0 Å². The van der Waals surface area contributed by atoms with Crippen LogP contribution in [0.15, 0.2) is 42.0 Å². The molecule has 1 fully saturated rings. The first kappa shape index (κ1) is 26.4. The largest absolute Gasteiger partial charge is 0.456 e. The quantitative estimate of drug-likeness (QED) is 0.211. The molecule has 1 aliphatic rings. The van der Waals surface area contributed by atoms with E-state index in [-0.39, 0.29) is 18.8 Å². The number of hydrogen-bond donors (Lipinski definition) is 0. The topological polar surface area (TPSA) is 91.4 Å². The minimum absolute atomic E-state index is 0.0720. The maximum Gasteiger partial charge on any atom is 0.412 e. The van der Waals surface area contributed by atoms with E-state index < -0.39 is 41.0 Å². The van der Waals surface area contributed by atoms with Gasteiger partial charge in [0.05, 0.1) is 12.6 Å². The van der Waals surface area contributed by atoms with Gasteiger partial charge < -0.3 is 18.9 Å². The van der Waals surface area contributed by atoms with Gasteiger partial charge in [0.15, 0.2) is 0 Å². The monoisotopic (exact) mass is 461 g/mol. The van der Waals surface area contributed by atoms with Crippen molar-refractivity contribution in [3.05, 3.63) is 47.5 Å². The summed E-state index contributed by atoms with van der Waals surface area (Å²) in [5.41, 5.74) is -2.12. The fourth-order valence-electron chi connectivity index (χ4n) is 3.18. The minimum Gasteiger partial charge on any atom is -0.456 e. The number of rotatable bonds is 5. The fourth-order valence-corrected chi connectivity index (χ4v) is 3.18. The summed E-state index contributed by atoms with van der Waals surface area (Å²) < 4.78 is 22.1. The van der Waals surface area contributed by atoms with E-state index in [4.69, 9.17) is 18.9 Å². The highest BCUT2D eigenvalue weighted by Gasteiger charge is 2.45. The predicted molar refractivity (Wildman–Crippen MR) is 122 cm³/mol. The molecule has 8 heteroatoms. The maximum absolute atomic E-state index is 13.0. The van der Waals surface area contributed by atoms with Crippen molar-refractivity contribution in [1.82, 2.24) is 4.90 Å². The van der Waals surface area contributed by atoms with Crippen LogP contribution in [0.3, 0.4) is 0 Å². The van der Waals surface area contributed by atoms with Crippen molar-refractivity contribution in [2.45, 2.75) is 85.0 Å². The summed E-state index contributed by atoms with van der Waals surface area (Å²) in [5.74, 6) is -1.67. The van der Waals surface area contributed by atoms with Crippen LogP contribution in [-0.4, -0.2) is 52.5 Å². The number of carbonyl (C=O) groups excluding carboxylic acids is 3. The highest BCUT2D eigenvalue weighted by Crippen LogP contribution is 2.30. The van der Waals surface area contributed by atoms with Gasteiger partial charge in [-0.1, -0.05) is 30.3 Å². The summed E-state index contributed by atoms with van der Waals surface area (Å²) in [6.07, 6.45) is 0.732. The molecule has 0 bridgehead atoms. The molecule has 0 aromatic heterocycles. The van der Waals surface area contributed by atoms with Gasteiger partial charge in [-0.15, -0.1) is 0 Å². The molecule has 1 aromatic rings. The molecule has 1 atom stereocenters. The molecule has 1 aromatic carbocycles. The summed E-state index contributed by atoms with van der Waals surface area (Å²) in [6, 6.07) is 8.53. The van der Waals surface area contributed by atoms with Crippen LogP contribution in [0.2, 0.25) is 0 Å². The number of amides is 1. The van der Waals surface area contributed by atoms with Crippen LogP contribution in [-0.2, 0) is 35.1 Å².